The van der Waals surface area contributed by atoms with E-state index in [4.69, 9.17) is 27.9 Å². The van der Waals surface area contributed by atoms with E-state index in [0.717, 1.165) is 29.7 Å². The molecule has 0 fully saturated rings. The van der Waals surface area contributed by atoms with Crippen molar-refractivity contribution in [1.82, 2.24) is 4.98 Å². The Hall–Kier alpha value is -1.78. The van der Waals surface area contributed by atoms with Gasteiger partial charge in [-0.05, 0) is 56.9 Å². The van der Waals surface area contributed by atoms with Crippen LogP contribution in [0.25, 0.3) is 0 Å². The predicted octanol–water partition coefficient (Wildman–Crippen LogP) is 5.78. The molecule has 26 heavy (non-hydrogen) atoms. The summed E-state index contributed by atoms with van der Waals surface area (Å²) in [4.78, 5) is 17.4. The Labute approximate surface area is 164 Å². The van der Waals surface area contributed by atoms with E-state index in [1.165, 1.54) is 0 Å². The van der Waals surface area contributed by atoms with Crippen molar-refractivity contribution in [2.45, 2.75) is 47.5 Å². The van der Waals surface area contributed by atoms with Gasteiger partial charge in [0, 0.05) is 10.7 Å². The molecule has 6 heteroatoms. The van der Waals surface area contributed by atoms with Crippen molar-refractivity contribution in [2.24, 2.45) is 0 Å². The standard InChI is InChI=1S/C20H24Cl2N2O2/c1-6-13-9-15(21)10-14(7-2)18(13)24-20(25)16-11(4)23-12(5)19(17(16)22)26-8-3/h9-10H,6-8H2,1-5H3,(H,24,25). The Morgan fingerprint density at radius 2 is 1.65 bits per heavy atom. The predicted molar refractivity (Wildman–Crippen MR) is 108 cm³/mol. The number of benzene rings is 1. The highest BCUT2D eigenvalue weighted by Crippen LogP contribution is 2.34. The Kier molecular flexibility index (Phi) is 6.90. The number of hydrogen-bond donors (Lipinski definition) is 1. The third-order valence-electron chi connectivity index (χ3n) is 4.23. The molecule has 2 rings (SSSR count). The van der Waals surface area contributed by atoms with Crippen LogP contribution in [0.2, 0.25) is 10.0 Å². The molecule has 0 radical (unpaired) electrons. The molecule has 0 aliphatic heterocycles. The average Bonchev–Trinajstić information content (AvgIpc) is 2.59. The SMILES string of the molecule is CCOc1c(C)nc(C)c(C(=O)Nc2c(CC)cc(Cl)cc2CC)c1Cl. The van der Waals surface area contributed by atoms with Gasteiger partial charge in [-0.25, -0.2) is 0 Å². The second kappa shape index (κ2) is 8.74. The van der Waals surface area contributed by atoms with E-state index in [-0.39, 0.29) is 5.91 Å². The summed E-state index contributed by atoms with van der Waals surface area (Å²) in [6.45, 7) is 9.95. The lowest BCUT2D eigenvalue weighted by Crippen LogP contribution is -2.18. The summed E-state index contributed by atoms with van der Waals surface area (Å²) in [6, 6.07) is 3.76. The first kappa shape index (κ1) is 20.5. The molecule has 1 heterocycles. The highest BCUT2D eigenvalue weighted by molar-refractivity contribution is 6.36. The van der Waals surface area contributed by atoms with Gasteiger partial charge >= 0.3 is 0 Å². The van der Waals surface area contributed by atoms with E-state index in [2.05, 4.69) is 10.3 Å². The Bertz CT molecular complexity index is 810. The normalized spacial score (nSPS) is 10.7. The topological polar surface area (TPSA) is 51.2 Å². The minimum atomic E-state index is -0.298. The van der Waals surface area contributed by atoms with E-state index >= 15 is 0 Å². The second-order valence-corrected chi connectivity index (χ2v) is 6.81. The highest BCUT2D eigenvalue weighted by Gasteiger charge is 2.22. The van der Waals surface area contributed by atoms with Gasteiger partial charge in [-0.2, -0.15) is 0 Å². The maximum atomic E-state index is 13.0. The number of carbonyl (C=O) groups excluding carboxylic acids is 1. The molecule has 0 atom stereocenters. The lowest BCUT2D eigenvalue weighted by molar-refractivity contribution is 0.102. The minimum Gasteiger partial charge on any atom is -0.490 e. The maximum absolute atomic E-state index is 13.0. The molecule has 140 valence electrons. The van der Waals surface area contributed by atoms with Gasteiger partial charge in [0.15, 0.2) is 5.75 Å². The van der Waals surface area contributed by atoms with Gasteiger partial charge < -0.3 is 10.1 Å². The molecule has 1 aromatic carbocycles. The van der Waals surface area contributed by atoms with Gasteiger partial charge in [0.1, 0.15) is 0 Å². The number of anilines is 1. The maximum Gasteiger partial charge on any atom is 0.259 e. The van der Waals surface area contributed by atoms with Crippen LogP contribution in [-0.4, -0.2) is 17.5 Å². The lowest BCUT2D eigenvalue weighted by Gasteiger charge is -2.18. The fourth-order valence-electron chi connectivity index (χ4n) is 2.98. The molecule has 0 saturated carbocycles. The number of rotatable bonds is 6. The van der Waals surface area contributed by atoms with Crippen LogP contribution in [0, 0.1) is 13.8 Å². The molecule has 1 N–H and O–H groups in total. The van der Waals surface area contributed by atoms with Crippen LogP contribution in [-0.2, 0) is 12.8 Å². The number of aromatic nitrogens is 1. The Morgan fingerprint density at radius 3 is 2.15 bits per heavy atom. The zero-order valence-corrected chi connectivity index (χ0v) is 17.3. The van der Waals surface area contributed by atoms with Crippen LogP contribution in [0.4, 0.5) is 5.69 Å². The molecule has 2 aromatic rings. The molecule has 1 aromatic heterocycles. The molecular weight excluding hydrogens is 371 g/mol. The van der Waals surface area contributed by atoms with Crippen LogP contribution >= 0.6 is 23.2 Å². The van der Waals surface area contributed by atoms with Crippen LogP contribution in [0.1, 0.15) is 53.6 Å². The summed E-state index contributed by atoms with van der Waals surface area (Å²) in [7, 11) is 0. The van der Waals surface area contributed by atoms with Gasteiger partial charge in [0.2, 0.25) is 0 Å². The van der Waals surface area contributed by atoms with Crippen LogP contribution < -0.4 is 10.1 Å². The molecule has 4 nitrogen and oxygen atoms in total. The van der Waals surface area contributed by atoms with E-state index in [9.17, 15) is 4.79 Å². The third-order valence-corrected chi connectivity index (χ3v) is 4.81. The third kappa shape index (κ3) is 4.13. The fraction of sp³-hybridized carbons (Fsp3) is 0.400. The number of hydrogen-bond acceptors (Lipinski definition) is 3. The zero-order chi connectivity index (χ0) is 19.4. The summed E-state index contributed by atoms with van der Waals surface area (Å²) in [5, 5.41) is 3.98. The van der Waals surface area contributed by atoms with Gasteiger partial charge in [0.05, 0.1) is 28.6 Å². The number of ether oxygens (including phenoxy) is 1. The van der Waals surface area contributed by atoms with Crippen LogP contribution in [0.5, 0.6) is 5.75 Å². The number of nitrogens with one attached hydrogen (secondary N) is 1. The van der Waals surface area contributed by atoms with Crippen molar-refractivity contribution >= 4 is 34.8 Å². The van der Waals surface area contributed by atoms with Crippen molar-refractivity contribution in [3.8, 4) is 5.75 Å². The molecule has 0 saturated heterocycles. The average molecular weight is 395 g/mol. The van der Waals surface area contributed by atoms with Crippen molar-refractivity contribution < 1.29 is 9.53 Å². The monoisotopic (exact) mass is 394 g/mol. The van der Waals surface area contributed by atoms with Crippen LogP contribution in [0.15, 0.2) is 12.1 Å². The Balaban J connectivity index is 2.51. The lowest BCUT2D eigenvalue weighted by atomic mass is 10.0. The first-order chi connectivity index (χ1) is 12.3. The van der Waals surface area contributed by atoms with E-state index in [0.29, 0.717) is 39.4 Å². The molecule has 0 unspecified atom stereocenters. The van der Waals surface area contributed by atoms with Gasteiger partial charge in [0.25, 0.3) is 5.91 Å². The van der Waals surface area contributed by atoms with Gasteiger partial charge in [-0.15, -0.1) is 0 Å². The summed E-state index contributed by atoms with van der Waals surface area (Å²) in [5.74, 6) is 0.153. The molecule has 0 spiro atoms. The smallest absolute Gasteiger partial charge is 0.259 e. The Morgan fingerprint density at radius 1 is 1.08 bits per heavy atom. The first-order valence-corrected chi connectivity index (χ1v) is 9.51. The number of halogens is 2. The van der Waals surface area contributed by atoms with E-state index in [1.54, 1.807) is 6.92 Å². The highest BCUT2D eigenvalue weighted by atomic mass is 35.5. The second-order valence-electron chi connectivity index (χ2n) is 5.99. The first-order valence-electron chi connectivity index (χ1n) is 8.76. The number of carbonyl (C=O) groups is 1. The molecule has 0 bridgehead atoms. The number of pyridine rings is 1. The minimum absolute atomic E-state index is 0.291. The quantitative estimate of drug-likeness (QED) is 0.675. The largest absolute Gasteiger partial charge is 0.490 e. The fourth-order valence-corrected chi connectivity index (χ4v) is 3.66. The summed E-state index contributed by atoms with van der Waals surface area (Å²) < 4.78 is 5.58. The molecule has 0 aliphatic rings. The van der Waals surface area contributed by atoms with E-state index < -0.39 is 0 Å². The van der Waals surface area contributed by atoms with Crippen molar-refractivity contribution in [3.63, 3.8) is 0 Å². The van der Waals surface area contributed by atoms with Crippen molar-refractivity contribution in [1.29, 1.82) is 0 Å². The number of amides is 1. The summed E-state index contributed by atoms with van der Waals surface area (Å²) >= 11 is 12.7. The van der Waals surface area contributed by atoms with Gasteiger partial charge in [-0.1, -0.05) is 37.0 Å². The number of nitrogens with zero attached hydrogens (tertiary/aromatic N) is 1. The summed E-state index contributed by atoms with van der Waals surface area (Å²) in [5.41, 5.74) is 4.33. The van der Waals surface area contributed by atoms with Gasteiger partial charge in [-0.3, -0.25) is 9.78 Å². The van der Waals surface area contributed by atoms with Crippen molar-refractivity contribution in [2.75, 3.05) is 11.9 Å². The number of aryl methyl sites for hydroxylation is 4. The van der Waals surface area contributed by atoms with E-state index in [1.807, 2.05) is 39.8 Å². The summed E-state index contributed by atoms with van der Waals surface area (Å²) in [6.07, 6.45) is 1.51. The zero-order valence-electron chi connectivity index (χ0n) is 15.8. The molecular formula is C20H24Cl2N2O2. The van der Waals surface area contributed by atoms with Crippen LogP contribution in [0.3, 0.4) is 0 Å². The van der Waals surface area contributed by atoms with Crippen molar-refractivity contribution in [3.05, 3.63) is 50.3 Å². The molecule has 0 aliphatic carbocycles. The molecule has 1 amide bonds.